The number of aliphatic hydroxyl groups excluding tert-OH is 1. The average molecular weight is 180 g/mol. The van der Waals surface area contributed by atoms with Gasteiger partial charge in [-0.05, 0) is 18.2 Å². The van der Waals surface area contributed by atoms with Crippen LogP contribution in [0.2, 0.25) is 0 Å². The molecule has 0 spiro atoms. The van der Waals surface area contributed by atoms with E-state index in [0.717, 1.165) is 0 Å². The number of phenols is 1. The van der Waals surface area contributed by atoms with E-state index in [4.69, 9.17) is 9.84 Å². The van der Waals surface area contributed by atoms with Crippen molar-refractivity contribution in [3.63, 3.8) is 0 Å². The van der Waals surface area contributed by atoms with Crippen molar-refractivity contribution in [2.24, 2.45) is 0 Å². The van der Waals surface area contributed by atoms with Crippen molar-refractivity contribution in [3.8, 4) is 11.5 Å². The van der Waals surface area contributed by atoms with Crippen LogP contribution in [-0.2, 0) is 0 Å². The van der Waals surface area contributed by atoms with Gasteiger partial charge in [0.25, 0.3) is 0 Å². The van der Waals surface area contributed by atoms with Gasteiger partial charge in [0.2, 0.25) is 0 Å². The molecule has 0 aromatic heterocycles. The van der Waals surface area contributed by atoms with E-state index in [9.17, 15) is 5.11 Å². The molecule has 0 fully saturated rings. The normalized spacial score (nSPS) is 10.6. The van der Waals surface area contributed by atoms with Gasteiger partial charge in [-0.2, -0.15) is 0 Å². The van der Waals surface area contributed by atoms with Crippen LogP contribution in [0.5, 0.6) is 11.5 Å². The number of aliphatic hydroxyl groups is 1. The van der Waals surface area contributed by atoms with Crippen LogP contribution < -0.4 is 4.74 Å². The molecule has 0 amide bonds. The fourth-order valence-corrected chi connectivity index (χ4v) is 0.973. The summed E-state index contributed by atoms with van der Waals surface area (Å²) in [5.41, 5.74) is 0.633. The third-order valence-corrected chi connectivity index (χ3v) is 1.64. The first kappa shape index (κ1) is 9.61. The second-order valence-corrected chi connectivity index (χ2v) is 2.51. The number of rotatable bonds is 3. The lowest BCUT2D eigenvalue weighted by molar-refractivity contribution is 0.343. The van der Waals surface area contributed by atoms with Gasteiger partial charge in [0.05, 0.1) is 13.7 Å². The van der Waals surface area contributed by atoms with Gasteiger partial charge in [0.15, 0.2) is 0 Å². The van der Waals surface area contributed by atoms with Gasteiger partial charge in [-0.25, -0.2) is 0 Å². The number of hydrogen-bond acceptors (Lipinski definition) is 3. The lowest BCUT2D eigenvalue weighted by Crippen LogP contribution is -1.83. The van der Waals surface area contributed by atoms with E-state index in [1.165, 1.54) is 0 Å². The molecule has 1 aromatic carbocycles. The summed E-state index contributed by atoms with van der Waals surface area (Å²) in [7, 11) is 1.56. The molecular weight excluding hydrogens is 168 g/mol. The fourth-order valence-electron chi connectivity index (χ4n) is 0.973. The standard InChI is InChI=1S/C10H12O3/c1-13-9-4-5-10(12)8(7-9)3-2-6-11/h2-5,7,11-12H,6H2,1H3/b3-2+. The molecule has 0 saturated carbocycles. The summed E-state index contributed by atoms with van der Waals surface area (Å²) in [5.74, 6) is 0.848. The molecule has 70 valence electrons. The molecule has 0 aliphatic carbocycles. The van der Waals surface area contributed by atoms with Crippen LogP contribution in [-0.4, -0.2) is 23.9 Å². The van der Waals surface area contributed by atoms with Gasteiger partial charge < -0.3 is 14.9 Å². The minimum absolute atomic E-state index is 0.0450. The predicted molar refractivity (Wildman–Crippen MR) is 50.8 cm³/mol. The summed E-state index contributed by atoms with van der Waals surface area (Å²) in [6, 6.07) is 4.92. The number of phenolic OH excluding ortho intramolecular Hbond substituents is 1. The van der Waals surface area contributed by atoms with E-state index < -0.39 is 0 Å². The third kappa shape index (κ3) is 2.49. The molecule has 0 aliphatic rings. The van der Waals surface area contributed by atoms with Crippen LogP contribution in [0.3, 0.4) is 0 Å². The molecule has 2 N–H and O–H groups in total. The molecule has 0 unspecified atom stereocenters. The molecule has 1 rings (SSSR count). The number of benzene rings is 1. The summed E-state index contributed by atoms with van der Waals surface area (Å²) in [5, 5.41) is 17.9. The summed E-state index contributed by atoms with van der Waals surface area (Å²) >= 11 is 0. The van der Waals surface area contributed by atoms with Crippen LogP contribution in [0, 0.1) is 0 Å². The second kappa shape index (κ2) is 4.52. The van der Waals surface area contributed by atoms with Crippen molar-refractivity contribution in [2.45, 2.75) is 0 Å². The fraction of sp³-hybridized carbons (Fsp3) is 0.200. The Labute approximate surface area is 76.9 Å². The first-order valence-corrected chi connectivity index (χ1v) is 3.92. The maximum Gasteiger partial charge on any atom is 0.123 e. The second-order valence-electron chi connectivity index (χ2n) is 2.51. The Kier molecular flexibility index (Phi) is 3.34. The van der Waals surface area contributed by atoms with Crippen LogP contribution in [0.4, 0.5) is 0 Å². The zero-order valence-corrected chi connectivity index (χ0v) is 7.40. The third-order valence-electron chi connectivity index (χ3n) is 1.64. The van der Waals surface area contributed by atoms with Crippen molar-refractivity contribution < 1.29 is 14.9 Å². The Morgan fingerprint density at radius 2 is 2.23 bits per heavy atom. The zero-order valence-electron chi connectivity index (χ0n) is 7.40. The smallest absolute Gasteiger partial charge is 0.123 e. The highest BCUT2D eigenvalue weighted by atomic mass is 16.5. The van der Waals surface area contributed by atoms with Crippen molar-refractivity contribution in [1.82, 2.24) is 0 Å². The van der Waals surface area contributed by atoms with Gasteiger partial charge in [-0.15, -0.1) is 0 Å². The van der Waals surface area contributed by atoms with Crippen molar-refractivity contribution >= 4 is 6.08 Å². The molecule has 0 aliphatic heterocycles. The maximum absolute atomic E-state index is 9.37. The lowest BCUT2D eigenvalue weighted by atomic mass is 10.2. The highest BCUT2D eigenvalue weighted by molar-refractivity contribution is 5.59. The minimum Gasteiger partial charge on any atom is -0.507 e. The van der Waals surface area contributed by atoms with E-state index in [1.807, 2.05) is 0 Å². The summed E-state index contributed by atoms with van der Waals surface area (Å²) in [6.45, 7) is -0.0450. The monoisotopic (exact) mass is 180 g/mol. The molecular formula is C10H12O3. The van der Waals surface area contributed by atoms with E-state index >= 15 is 0 Å². The topological polar surface area (TPSA) is 49.7 Å². The summed E-state index contributed by atoms with van der Waals surface area (Å²) < 4.78 is 4.98. The van der Waals surface area contributed by atoms with Crippen molar-refractivity contribution in [1.29, 1.82) is 0 Å². The molecule has 1 aromatic rings. The minimum atomic E-state index is -0.0450. The Bertz CT molecular complexity index is 305. The zero-order chi connectivity index (χ0) is 9.68. The Hall–Kier alpha value is -1.48. The average Bonchev–Trinajstić information content (AvgIpc) is 2.17. The number of methoxy groups -OCH3 is 1. The summed E-state index contributed by atoms with van der Waals surface area (Å²) in [6.07, 6.45) is 3.19. The van der Waals surface area contributed by atoms with Crippen LogP contribution >= 0.6 is 0 Å². The molecule has 0 saturated heterocycles. The van der Waals surface area contributed by atoms with Crippen molar-refractivity contribution in [3.05, 3.63) is 29.8 Å². The Morgan fingerprint density at radius 1 is 1.46 bits per heavy atom. The Balaban J connectivity index is 2.97. The number of ether oxygens (including phenoxy) is 1. The van der Waals surface area contributed by atoms with E-state index in [0.29, 0.717) is 11.3 Å². The molecule has 0 heterocycles. The van der Waals surface area contributed by atoms with E-state index in [1.54, 1.807) is 37.5 Å². The predicted octanol–water partition coefficient (Wildman–Crippen LogP) is 1.41. The molecule has 0 radical (unpaired) electrons. The van der Waals surface area contributed by atoms with Crippen molar-refractivity contribution in [2.75, 3.05) is 13.7 Å². The Morgan fingerprint density at radius 3 is 2.85 bits per heavy atom. The summed E-state index contributed by atoms with van der Waals surface area (Å²) in [4.78, 5) is 0. The quantitative estimate of drug-likeness (QED) is 0.739. The first-order valence-electron chi connectivity index (χ1n) is 3.92. The van der Waals surface area contributed by atoms with Crippen LogP contribution in [0.1, 0.15) is 5.56 Å². The van der Waals surface area contributed by atoms with Crippen LogP contribution in [0.15, 0.2) is 24.3 Å². The van der Waals surface area contributed by atoms with Gasteiger partial charge in [-0.3, -0.25) is 0 Å². The molecule has 0 atom stereocenters. The number of hydrogen-bond donors (Lipinski definition) is 2. The highest BCUT2D eigenvalue weighted by Crippen LogP contribution is 2.23. The molecule has 0 bridgehead atoms. The largest absolute Gasteiger partial charge is 0.507 e. The van der Waals surface area contributed by atoms with Gasteiger partial charge in [0, 0.05) is 5.56 Å². The molecule has 13 heavy (non-hydrogen) atoms. The first-order chi connectivity index (χ1) is 6.27. The molecule has 3 heteroatoms. The van der Waals surface area contributed by atoms with Gasteiger partial charge in [0.1, 0.15) is 11.5 Å². The number of aromatic hydroxyl groups is 1. The van der Waals surface area contributed by atoms with Gasteiger partial charge in [-0.1, -0.05) is 12.2 Å². The van der Waals surface area contributed by atoms with Crippen LogP contribution in [0.25, 0.3) is 6.08 Å². The lowest BCUT2D eigenvalue weighted by Gasteiger charge is -2.02. The van der Waals surface area contributed by atoms with Gasteiger partial charge >= 0.3 is 0 Å². The molecule has 3 nitrogen and oxygen atoms in total. The van der Waals surface area contributed by atoms with E-state index in [-0.39, 0.29) is 12.4 Å². The maximum atomic E-state index is 9.37. The highest BCUT2D eigenvalue weighted by Gasteiger charge is 1.98. The van der Waals surface area contributed by atoms with E-state index in [2.05, 4.69) is 0 Å². The SMILES string of the molecule is COc1ccc(O)c(/C=C/CO)c1.